The molecule has 0 aromatic carbocycles. The van der Waals surface area contributed by atoms with Crippen molar-refractivity contribution in [3.8, 4) is 0 Å². The van der Waals surface area contributed by atoms with E-state index in [9.17, 15) is 8.42 Å². The fourth-order valence-electron chi connectivity index (χ4n) is 0.568. The summed E-state index contributed by atoms with van der Waals surface area (Å²) < 4.78 is 22.0. The van der Waals surface area contributed by atoms with Crippen molar-refractivity contribution in [1.82, 2.24) is 15.4 Å². The Labute approximate surface area is 63.2 Å². The highest BCUT2D eigenvalue weighted by Gasteiger charge is 2.14. The molecule has 1 aromatic heterocycles. The van der Waals surface area contributed by atoms with Crippen LogP contribution >= 0.6 is 0 Å². The molecule has 0 unspecified atom stereocenters. The molecular formula is C4H7N3O3S. The van der Waals surface area contributed by atoms with E-state index in [2.05, 4.69) is 15.4 Å². The van der Waals surface area contributed by atoms with Crippen LogP contribution < -0.4 is 0 Å². The molecule has 0 bridgehead atoms. The lowest BCUT2D eigenvalue weighted by Crippen LogP contribution is -2.10. The molecule has 0 aliphatic carbocycles. The summed E-state index contributed by atoms with van der Waals surface area (Å²) in [5, 5.41) is 17.0. The molecular weight excluding hydrogens is 170 g/mol. The second-order valence-electron chi connectivity index (χ2n) is 1.86. The van der Waals surface area contributed by atoms with Crippen LogP contribution in [0.5, 0.6) is 0 Å². The van der Waals surface area contributed by atoms with Gasteiger partial charge in [0.1, 0.15) is 0 Å². The molecule has 6 nitrogen and oxygen atoms in total. The highest BCUT2D eigenvalue weighted by atomic mass is 32.2. The van der Waals surface area contributed by atoms with E-state index in [1.54, 1.807) is 0 Å². The van der Waals surface area contributed by atoms with Gasteiger partial charge in [0, 0.05) is 0 Å². The quantitative estimate of drug-likeness (QED) is 0.590. The summed E-state index contributed by atoms with van der Waals surface area (Å²) in [4.78, 5) is 0. The van der Waals surface area contributed by atoms with Gasteiger partial charge in [0.25, 0.3) is 0 Å². The SMILES string of the molecule is O=S(=O)(CCO)c1cnn[nH]1. The van der Waals surface area contributed by atoms with Crippen LogP contribution in [0.25, 0.3) is 0 Å². The fraction of sp³-hybridized carbons (Fsp3) is 0.500. The molecule has 0 aliphatic rings. The summed E-state index contributed by atoms with van der Waals surface area (Å²) in [5.41, 5.74) is 0. The zero-order valence-electron chi connectivity index (χ0n) is 5.56. The molecule has 0 aliphatic heterocycles. The second kappa shape index (κ2) is 2.97. The van der Waals surface area contributed by atoms with Gasteiger partial charge in [-0.1, -0.05) is 5.21 Å². The zero-order chi connectivity index (χ0) is 8.32. The van der Waals surface area contributed by atoms with E-state index in [0.717, 1.165) is 6.20 Å². The Morgan fingerprint density at radius 3 is 2.82 bits per heavy atom. The average Bonchev–Trinajstić information content (AvgIpc) is 2.37. The van der Waals surface area contributed by atoms with Gasteiger partial charge in [0.2, 0.25) is 0 Å². The van der Waals surface area contributed by atoms with Gasteiger partial charge >= 0.3 is 0 Å². The molecule has 1 aromatic rings. The number of H-pyrrole nitrogens is 1. The smallest absolute Gasteiger partial charge is 0.198 e. The van der Waals surface area contributed by atoms with Gasteiger partial charge in [-0.25, -0.2) is 13.5 Å². The summed E-state index contributed by atoms with van der Waals surface area (Å²) in [5.74, 6) is -0.309. The van der Waals surface area contributed by atoms with E-state index in [0.29, 0.717) is 0 Å². The lowest BCUT2D eigenvalue weighted by Gasteiger charge is -1.94. The number of aliphatic hydroxyl groups is 1. The first-order valence-corrected chi connectivity index (χ1v) is 4.52. The molecule has 1 heterocycles. The topological polar surface area (TPSA) is 95.9 Å². The molecule has 62 valence electrons. The van der Waals surface area contributed by atoms with E-state index in [1.807, 2.05) is 0 Å². The number of aliphatic hydroxyl groups excluding tert-OH is 1. The third kappa shape index (κ3) is 1.75. The van der Waals surface area contributed by atoms with Crippen LogP contribution in [0.4, 0.5) is 0 Å². The lowest BCUT2D eigenvalue weighted by atomic mass is 10.9. The minimum atomic E-state index is -3.40. The van der Waals surface area contributed by atoms with Crippen LogP contribution in [0.1, 0.15) is 0 Å². The number of aromatic nitrogens is 3. The van der Waals surface area contributed by atoms with Crippen molar-refractivity contribution in [3.05, 3.63) is 6.20 Å². The number of hydrogen-bond acceptors (Lipinski definition) is 5. The van der Waals surface area contributed by atoms with Crippen molar-refractivity contribution in [2.45, 2.75) is 5.03 Å². The van der Waals surface area contributed by atoms with Gasteiger partial charge in [-0.15, -0.1) is 5.10 Å². The Hall–Kier alpha value is -0.950. The lowest BCUT2D eigenvalue weighted by molar-refractivity contribution is 0.319. The summed E-state index contributed by atoms with van der Waals surface area (Å²) >= 11 is 0. The summed E-state index contributed by atoms with van der Waals surface area (Å²) in [6.45, 7) is -0.401. The number of nitrogens with one attached hydrogen (secondary N) is 1. The van der Waals surface area contributed by atoms with Crippen LogP contribution in [0, 0.1) is 0 Å². The van der Waals surface area contributed by atoms with Crippen LogP contribution in [0.15, 0.2) is 11.2 Å². The van der Waals surface area contributed by atoms with Gasteiger partial charge in [-0.2, -0.15) is 0 Å². The molecule has 0 atom stereocenters. The van der Waals surface area contributed by atoms with Crippen LogP contribution in [0.3, 0.4) is 0 Å². The fourth-order valence-corrected chi connectivity index (χ4v) is 1.42. The first-order chi connectivity index (χ1) is 5.17. The predicted molar refractivity (Wildman–Crippen MR) is 35.5 cm³/mol. The van der Waals surface area contributed by atoms with E-state index >= 15 is 0 Å². The first kappa shape index (κ1) is 8.15. The van der Waals surface area contributed by atoms with Crippen molar-refractivity contribution in [1.29, 1.82) is 0 Å². The van der Waals surface area contributed by atoms with Crippen LogP contribution in [0.2, 0.25) is 0 Å². The average molecular weight is 177 g/mol. The number of sulfone groups is 1. The summed E-state index contributed by atoms with van der Waals surface area (Å²) in [6, 6.07) is 0. The predicted octanol–water partition coefficient (Wildman–Crippen LogP) is -1.43. The summed E-state index contributed by atoms with van der Waals surface area (Å²) in [7, 11) is -3.40. The molecule has 7 heteroatoms. The third-order valence-corrected chi connectivity index (χ3v) is 2.67. The number of hydrogen-bond donors (Lipinski definition) is 2. The maximum absolute atomic E-state index is 11.0. The molecule has 2 N–H and O–H groups in total. The molecule has 11 heavy (non-hydrogen) atoms. The maximum atomic E-state index is 11.0. The monoisotopic (exact) mass is 177 g/mol. The van der Waals surface area contributed by atoms with Crippen molar-refractivity contribution in [3.63, 3.8) is 0 Å². The second-order valence-corrected chi connectivity index (χ2v) is 3.94. The third-order valence-electron chi connectivity index (χ3n) is 1.09. The highest BCUT2D eigenvalue weighted by Crippen LogP contribution is 2.02. The molecule has 0 saturated carbocycles. The van der Waals surface area contributed by atoms with E-state index in [4.69, 9.17) is 5.11 Å². The van der Waals surface area contributed by atoms with Crippen molar-refractivity contribution in [2.75, 3.05) is 12.4 Å². The van der Waals surface area contributed by atoms with Gasteiger partial charge in [0.05, 0.1) is 18.6 Å². The molecule has 0 saturated heterocycles. The van der Waals surface area contributed by atoms with Gasteiger partial charge < -0.3 is 5.11 Å². The van der Waals surface area contributed by atoms with Gasteiger partial charge in [-0.3, -0.25) is 0 Å². The summed E-state index contributed by atoms with van der Waals surface area (Å²) in [6.07, 6.45) is 1.10. The van der Waals surface area contributed by atoms with Gasteiger partial charge in [-0.05, 0) is 0 Å². The largest absolute Gasteiger partial charge is 0.395 e. The van der Waals surface area contributed by atoms with Gasteiger partial charge in [0.15, 0.2) is 14.9 Å². The van der Waals surface area contributed by atoms with Crippen LogP contribution in [-0.2, 0) is 9.84 Å². The van der Waals surface area contributed by atoms with E-state index < -0.39 is 16.4 Å². The van der Waals surface area contributed by atoms with E-state index in [1.165, 1.54) is 0 Å². The van der Waals surface area contributed by atoms with E-state index in [-0.39, 0.29) is 10.8 Å². The first-order valence-electron chi connectivity index (χ1n) is 2.86. The Balaban J connectivity index is 2.92. The minimum Gasteiger partial charge on any atom is -0.395 e. The molecule has 0 radical (unpaired) electrons. The molecule has 0 amide bonds. The molecule has 0 fully saturated rings. The Morgan fingerprint density at radius 1 is 1.64 bits per heavy atom. The number of nitrogens with zero attached hydrogens (tertiary/aromatic N) is 2. The Morgan fingerprint density at radius 2 is 2.36 bits per heavy atom. The standard InChI is InChI=1S/C4H7N3O3S/c8-1-2-11(9,10)4-3-5-7-6-4/h3,8H,1-2H2,(H,5,6,7). The normalized spacial score (nSPS) is 11.7. The van der Waals surface area contributed by atoms with Crippen molar-refractivity contribution < 1.29 is 13.5 Å². The highest BCUT2D eigenvalue weighted by molar-refractivity contribution is 7.91. The number of aromatic amines is 1. The van der Waals surface area contributed by atoms with Crippen molar-refractivity contribution in [2.24, 2.45) is 0 Å². The van der Waals surface area contributed by atoms with Crippen LogP contribution in [-0.4, -0.2) is 41.3 Å². The maximum Gasteiger partial charge on any atom is 0.198 e. The molecule has 0 spiro atoms. The zero-order valence-corrected chi connectivity index (χ0v) is 6.37. The molecule has 1 rings (SSSR count). The Kier molecular flexibility index (Phi) is 2.20. The van der Waals surface area contributed by atoms with Crippen molar-refractivity contribution >= 4 is 9.84 Å². The number of rotatable bonds is 3. The minimum absolute atomic E-state index is 0.0634. The Bertz CT molecular complexity index is 303.